The van der Waals surface area contributed by atoms with Gasteiger partial charge in [0.2, 0.25) is 11.8 Å². The molecule has 0 aliphatic rings. The highest BCUT2D eigenvalue weighted by Crippen LogP contribution is 2.31. The molecule has 1 aromatic rings. The molecule has 0 spiro atoms. The fraction of sp³-hybridized carbons (Fsp3) is 0.471. The van der Waals surface area contributed by atoms with Crippen LogP contribution in [0.1, 0.15) is 37.0 Å². The fourth-order valence-electron chi connectivity index (χ4n) is 2.21. The Bertz CT molecular complexity index is 668. The van der Waals surface area contributed by atoms with Crippen molar-refractivity contribution in [2.45, 2.75) is 32.1 Å². The first-order chi connectivity index (χ1) is 12.3. The predicted octanol–water partition coefficient (Wildman–Crippen LogP) is 2.97. The number of carbonyl (C=O) groups excluding carboxylic acids is 3. The minimum Gasteiger partial charge on any atom is -0.496 e. The first kappa shape index (κ1) is 22.1. The molecule has 1 unspecified atom stereocenters. The Morgan fingerprint density at radius 2 is 1.69 bits per heavy atom. The number of halogens is 2. The largest absolute Gasteiger partial charge is 0.496 e. The smallest absolute Gasteiger partial charge is 0.255 e. The Hall–Kier alpha value is -1.99. The van der Waals surface area contributed by atoms with Gasteiger partial charge in [-0.3, -0.25) is 14.4 Å². The van der Waals surface area contributed by atoms with E-state index in [0.717, 1.165) is 6.42 Å². The van der Waals surface area contributed by atoms with Crippen molar-refractivity contribution in [2.24, 2.45) is 0 Å². The number of alkyl halides is 2. The van der Waals surface area contributed by atoms with Crippen LogP contribution in [0, 0.1) is 0 Å². The van der Waals surface area contributed by atoms with Crippen LogP contribution in [0.2, 0.25) is 0 Å². The third-order valence-corrected chi connectivity index (χ3v) is 3.98. The number of carbonyl (C=O) groups is 3. The lowest BCUT2D eigenvalue weighted by molar-refractivity contribution is -0.115. The summed E-state index contributed by atoms with van der Waals surface area (Å²) in [6.45, 7) is 2.94. The van der Waals surface area contributed by atoms with Gasteiger partial charge in [-0.15, -0.1) is 23.2 Å². The third-order valence-electron chi connectivity index (χ3n) is 3.34. The number of methoxy groups -OCH3 is 1. The second-order valence-corrected chi connectivity index (χ2v) is 6.59. The highest BCUT2D eigenvalue weighted by atomic mass is 35.5. The molecule has 1 rings (SSSR count). The van der Waals surface area contributed by atoms with Gasteiger partial charge in [0.25, 0.3) is 5.91 Å². The van der Waals surface area contributed by atoms with Crippen molar-refractivity contribution in [3.63, 3.8) is 0 Å². The number of amides is 3. The van der Waals surface area contributed by atoms with E-state index in [4.69, 9.17) is 27.9 Å². The van der Waals surface area contributed by atoms with E-state index < -0.39 is 5.91 Å². The number of ether oxygens (including phenoxy) is 1. The van der Waals surface area contributed by atoms with Crippen molar-refractivity contribution in [1.82, 2.24) is 5.32 Å². The van der Waals surface area contributed by atoms with Gasteiger partial charge in [-0.1, -0.05) is 0 Å². The summed E-state index contributed by atoms with van der Waals surface area (Å²) in [5, 5.41) is 7.67. The van der Waals surface area contributed by atoms with Crippen LogP contribution in [0.4, 0.5) is 11.4 Å². The Morgan fingerprint density at radius 1 is 1.12 bits per heavy atom. The number of rotatable bonds is 9. The van der Waals surface area contributed by atoms with Gasteiger partial charge >= 0.3 is 0 Å². The molecule has 3 N–H and O–H groups in total. The van der Waals surface area contributed by atoms with E-state index in [1.54, 1.807) is 0 Å². The summed E-state index contributed by atoms with van der Waals surface area (Å²) in [7, 11) is 1.41. The molecule has 0 heterocycles. The molecule has 7 nitrogen and oxygen atoms in total. The summed E-state index contributed by atoms with van der Waals surface area (Å²) >= 11 is 11.8. The van der Waals surface area contributed by atoms with E-state index >= 15 is 0 Å². The molecule has 0 aliphatic heterocycles. The first-order valence-electron chi connectivity index (χ1n) is 8.03. The molecule has 0 radical (unpaired) electrons. The Morgan fingerprint density at radius 3 is 2.19 bits per heavy atom. The van der Waals surface area contributed by atoms with E-state index in [0.29, 0.717) is 23.7 Å². The van der Waals surface area contributed by atoms with Crippen LogP contribution in [-0.2, 0) is 9.59 Å². The molecule has 0 saturated carbocycles. The molecule has 1 atom stereocenters. The van der Waals surface area contributed by atoms with Crippen LogP contribution >= 0.6 is 23.2 Å². The van der Waals surface area contributed by atoms with Crippen molar-refractivity contribution in [2.75, 3.05) is 30.2 Å². The average molecular weight is 404 g/mol. The van der Waals surface area contributed by atoms with E-state index in [1.807, 2.05) is 0 Å². The van der Waals surface area contributed by atoms with Crippen LogP contribution in [0.3, 0.4) is 0 Å². The van der Waals surface area contributed by atoms with Crippen LogP contribution < -0.4 is 20.7 Å². The fourth-order valence-corrected chi connectivity index (χ4v) is 2.60. The molecule has 0 bridgehead atoms. The van der Waals surface area contributed by atoms with Gasteiger partial charge in [-0.05, 0) is 18.9 Å². The third kappa shape index (κ3) is 7.09. The zero-order valence-corrected chi connectivity index (χ0v) is 16.5. The zero-order valence-electron chi connectivity index (χ0n) is 14.9. The lowest BCUT2D eigenvalue weighted by Crippen LogP contribution is -2.30. The molecule has 0 aliphatic carbocycles. The quantitative estimate of drug-likeness (QED) is 0.552. The van der Waals surface area contributed by atoms with Gasteiger partial charge < -0.3 is 20.7 Å². The van der Waals surface area contributed by atoms with Gasteiger partial charge in [0.05, 0.1) is 29.4 Å². The van der Waals surface area contributed by atoms with E-state index in [-0.39, 0.29) is 35.0 Å². The summed E-state index contributed by atoms with van der Waals surface area (Å²) in [5.41, 5.74) is 0.841. The van der Waals surface area contributed by atoms with Gasteiger partial charge in [-0.2, -0.15) is 0 Å². The average Bonchev–Trinajstić information content (AvgIpc) is 2.57. The van der Waals surface area contributed by atoms with E-state index in [9.17, 15) is 14.4 Å². The maximum atomic E-state index is 12.5. The van der Waals surface area contributed by atoms with Crippen molar-refractivity contribution in [1.29, 1.82) is 0 Å². The summed E-state index contributed by atoms with van der Waals surface area (Å²) in [4.78, 5) is 35.3. The van der Waals surface area contributed by atoms with Crippen molar-refractivity contribution >= 4 is 52.3 Å². The summed E-state index contributed by atoms with van der Waals surface area (Å²) in [6.07, 6.45) is 1.44. The summed E-state index contributed by atoms with van der Waals surface area (Å²) < 4.78 is 5.25. The SMILES string of the molecule is COc1cc(NC(C)=O)c(NC(C)=O)cc1C(=O)NCC(Cl)CCCCl. The lowest BCUT2D eigenvalue weighted by Gasteiger charge is -2.17. The minimum atomic E-state index is -0.403. The van der Waals surface area contributed by atoms with Crippen LogP contribution in [-0.4, -0.2) is 42.6 Å². The predicted molar refractivity (Wildman–Crippen MR) is 104 cm³/mol. The molecule has 0 aromatic heterocycles. The monoisotopic (exact) mass is 403 g/mol. The highest BCUT2D eigenvalue weighted by Gasteiger charge is 2.18. The zero-order chi connectivity index (χ0) is 19.7. The van der Waals surface area contributed by atoms with Crippen molar-refractivity contribution in [3.8, 4) is 5.75 Å². The molecule has 0 saturated heterocycles. The molecule has 9 heteroatoms. The Labute approximate surface area is 162 Å². The second-order valence-electron chi connectivity index (χ2n) is 5.60. The number of hydrogen-bond acceptors (Lipinski definition) is 4. The summed E-state index contributed by atoms with van der Waals surface area (Å²) in [6, 6.07) is 2.93. The van der Waals surface area contributed by atoms with Gasteiger partial charge in [0.1, 0.15) is 5.75 Å². The lowest BCUT2D eigenvalue weighted by atomic mass is 10.1. The number of nitrogens with one attached hydrogen (secondary N) is 3. The van der Waals surface area contributed by atoms with Crippen molar-refractivity contribution in [3.05, 3.63) is 17.7 Å². The molecule has 144 valence electrons. The topological polar surface area (TPSA) is 96.5 Å². The highest BCUT2D eigenvalue weighted by molar-refractivity contribution is 6.21. The molecule has 3 amide bonds. The Kier molecular flexibility index (Phi) is 9.23. The standard InChI is InChI=1S/C17H23Cl2N3O4/c1-10(23)21-14-7-13(16(26-3)8-15(14)22-11(2)24)17(25)20-9-12(19)5-4-6-18/h7-8,12H,4-6,9H2,1-3H3,(H,20,25)(H,21,23)(H,22,24). The molecule has 26 heavy (non-hydrogen) atoms. The van der Waals surface area contributed by atoms with Crippen LogP contribution in [0.25, 0.3) is 0 Å². The summed E-state index contributed by atoms with van der Waals surface area (Å²) in [5.74, 6) is -0.294. The first-order valence-corrected chi connectivity index (χ1v) is 9.01. The van der Waals surface area contributed by atoms with Gasteiger partial charge in [0, 0.05) is 32.3 Å². The number of benzene rings is 1. The normalized spacial score (nSPS) is 11.4. The molecular formula is C17H23Cl2N3O4. The second kappa shape index (κ2) is 10.9. The molecular weight excluding hydrogens is 381 g/mol. The van der Waals surface area contributed by atoms with Gasteiger partial charge in [0.15, 0.2) is 0 Å². The van der Waals surface area contributed by atoms with Crippen molar-refractivity contribution < 1.29 is 19.1 Å². The van der Waals surface area contributed by atoms with Crippen LogP contribution in [0.15, 0.2) is 12.1 Å². The number of anilines is 2. The minimum absolute atomic E-state index is 0.214. The van der Waals surface area contributed by atoms with E-state index in [2.05, 4.69) is 16.0 Å². The maximum Gasteiger partial charge on any atom is 0.255 e. The van der Waals surface area contributed by atoms with Gasteiger partial charge in [-0.25, -0.2) is 0 Å². The Balaban J connectivity index is 3.06. The van der Waals surface area contributed by atoms with Crippen LogP contribution in [0.5, 0.6) is 5.75 Å². The number of hydrogen-bond donors (Lipinski definition) is 3. The molecule has 1 aromatic carbocycles. The molecule has 0 fully saturated rings. The maximum absolute atomic E-state index is 12.5. The van der Waals surface area contributed by atoms with E-state index in [1.165, 1.54) is 33.1 Å².